The van der Waals surface area contributed by atoms with Gasteiger partial charge in [-0.1, -0.05) is 24.3 Å². The highest BCUT2D eigenvalue weighted by atomic mass is 32.2. The van der Waals surface area contributed by atoms with E-state index in [2.05, 4.69) is 0 Å². The summed E-state index contributed by atoms with van der Waals surface area (Å²) in [5, 5.41) is 19.0. The second kappa shape index (κ2) is 4.81. The van der Waals surface area contributed by atoms with Gasteiger partial charge in [0.25, 0.3) is 0 Å². The summed E-state index contributed by atoms with van der Waals surface area (Å²) in [5.74, 6) is 0.601. The summed E-state index contributed by atoms with van der Waals surface area (Å²) < 4.78 is 5.31. The minimum absolute atomic E-state index is 0.0745. The Balaban J connectivity index is 2.09. The molecule has 2 aromatic rings. The summed E-state index contributed by atoms with van der Waals surface area (Å²) in [6, 6.07) is 13.5. The lowest BCUT2D eigenvalue weighted by atomic mass is 10.3. The average molecular weight is 234 g/mol. The maximum Gasteiger partial charge on any atom is 0.179 e. The van der Waals surface area contributed by atoms with Crippen LogP contribution in [0.2, 0.25) is 0 Å². The number of para-hydroxylation sites is 3. The first-order chi connectivity index (χ1) is 7.77. The van der Waals surface area contributed by atoms with E-state index in [0.29, 0.717) is 10.6 Å². The van der Waals surface area contributed by atoms with Crippen molar-refractivity contribution in [2.75, 3.05) is 0 Å². The fourth-order valence-electron chi connectivity index (χ4n) is 1.15. The largest absolute Gasteiger partial charge is 0.507 e. The molecule has 16 heavy (non-hydrogen) atoms. The van der Waals surface area contributed by atoms with Gasteiger partial charge in [0.15, 0.2) is 11.5 Å². The summed E-state index contributed by atoms with van der Waals surface area (Å²) in [5.41, 5.74) is 0. The monoisotopic (exact) mass is 234 g/mol. The third-order valence-electron chi connectivity index (χ3n) is 1.95. The molecule has 0 aliphatic rings. The Hall–Kier alpha value is -1.81. The number of rotatable bonds is 3. The molecule has 0 aromatic heterocycles. The second-order valence-electron chi connectivity index (χ2n) is 3.10. The number of phenols is 2. The smallest absolute Gasteiger partial charge is 0.179 e. The van der Waals surface area contributed by atoms with Crippen LogP contribution in [0.15, 0.2) is 53.4 Å². The van der Waals surface area contributed by atoms with Crippen molar-refractivity contribution in [1.29, 1.82) is 0 Å². The Morgan fingerprint density at radius 3 is 2.12 bits per heavy atom. The van der Waals surface area contributed by atoms with Crippen LogP contribution in [0, 0.1) is 0 Å². The maximum absolute atomic E-state index is 9.49. The molecule has 2 rings (SSSR count). The first-order valence-corrected chi connectivity index (χ1v) is 5.42. The van der Waals surface area contributed by atoms with E-state index in [1.165, 1.54) is 0 Å². The van der Waals surface area contributed by atoms with Crippen molar-refractivity contribution < 1.29 is 14.4 Å². The van der Waals surface area contributed by atoms with E-state index in [9.17, 15) is 10.2 Å². The molecule has 0 heterocycles. The summed E-state index contributed by atoms with van der Waals surface area (Å²) in [4.78, 5) is 0.603. The molecule has 0 bridgehead atoms. The standard InChI is InChI=1S/C12H10O3S/c13-9-5-1-3-7-11(9)15-16-12-8-4-2-6-10(12)14/h1-8,13-14H. The van der Waals surface area contributed by atoms with Crippen LogP contribution in [0.5, 0.6) is 17.2 Å². The zero-order chi connectivity index (χ0) is 11.4. The van der Waals surface area contributed by atoms with Gasteiger partial charge in [0.05, 0.1) is 16.9 Å². The normalized spacial score (nSPS) is 10.0. The van der Waals surface area contributed by atoms with Gasteiger partial charge in [-0.05, 0) is 24.3 Å². The number of aromatic hydroxyl groups is 2. The van der Waals surface area contributed by atoms with Crippen LogP contribution in [-0.2, 0) is 0 Å². The van der Waals surface area contributed by atoms with Crippen LogP contribution < -0.4 is 4.18 Å². The van der Waals surface area contributed by atoms with E-state index in [1.807, 2.05) is 0 Å². The van der Waals surface area contributed by atoms with Crippen molar-refractivity contribution in [2.45, 2.75) is 4.90 Å². The predicted molar refractivity (Wildman–Crippen MR) is 62.7 cm³/mol. The van der Waals surface area contributed by atoms with Crippen LogP contribution in [0.25, 0.3) is 0 Å². The number of phenolic OH excluding ortho intramolecular Hbond substituents is 2. The molecule has 0 aliphatic heterocycles. The lowest BCUT2D eigenvalue weighted by Crippen LogP contribution is -1.82. The molecule has 2 N–H and O–H groups in total. The SMILES string of the molecule is Oc1ccccc1OSc1ccccc1O. The van der Waals surface area contributed by atoms with Crippen LogP contribution in [0.3, 0.4) is 0 Å². The van der Waals surface area contributed by atoms with Crippen LogP contribution in [-0.4, -0.2) is 10.2 Å². The van der Waals surface area contributed by atoms with Gasteiger partial charge in [0.1, 0.15) is 5.75 Å². The molecular formula is C12H10O3S. The van der Waals surface area contributed by atoms with Gasteiger partial charge in [-0.3, -0.25) is 0 Å². The lowest BCUT2D eigenvalue weighted by molar-refractivity contribution is 0.447. The molecule has 0 radical (unpaired) electrons. The molecule has 0 saturated heterocycles. The number of benzene rings is 2. The van der Waals surface area contributed by atoms with Crippen LogP contribution in [0.1, 0.15) is 0 Å². The first-order valence-electron chi connectivity index (χ1n) is 4.68. The molecule has 0 saturated carbocycles. The summed E-state index contributed by atoms with van der Waals surface area (Å²) in [6.07, 6.45) is 0. The Bertz CT molecular complexity index is 440. The van der Waals surface area contributed by atoms with Gasteiger partial charge in [-0.2, -0.15) is 0 Å². The third kappa shape index (κ3) is 2.41. The minimum Gasteiger partial charge on any atom is -0.507 e. The molecular weight excluding hydrogens is 224 g/mol. The Morgan fingerprint density at radius 1 is 0.812 bits per heavy atom. The second-order valence-corrected chi connectivity index (χ2v) is 3.88. The van der Waals surface area contributed by atoms with Gasteiger partial charge in [-0.25, -0.2) is 0 Å². The molecule has 82 valence electrons. The molecule has 0 spiro atoms. The first kappa shape index (κ1) is 10.7. The molecule has 0 unspecified atom stereocenters. The van der Waals surface area contributed by atoms with Crippen LogP contribution in [0.4, 0.5) is 0 Å². The van der Waals surface area contributed by atoms with Crippen molar-refractivity contribution in [2.24, 2.45) is 0 Å². The van der Waals surface area contributed by atoms with Gasteiger partial charge < -0.3 is 14.4 Å². The van der Waals surface area contributed by atoms with E-state index in [0.717, 1.165) is 12.0 Å². The fraction of sp³-hybridized carbons (Fsp3) is 0. The zero-order valence-electron chi connectivity index (χ0n) is 8.33. The van der Waals surface area contributed by atoms with E-state index >= 15 is 0 Å². The number of hydrogen-bond donors (Lipinski definition) is 2. The molecule has 0 fully saturated rings. The Morgan fingerprint density at radius 2 is 1.44 bits per heavy atom. The topological polar surface area (TPSA) is 49.7 Å². The number of hydrogen-bond acceptors (Lipinski definition) is 4. The Labute approximate surface area is 97.5 Å². The van der Waals surface area contributed by atoms with Gasteiger partial charge in [0, 0.05) is 0 Å². The van der Waals surface area contributed by atoms with E-state index in [1.54, 1.807) is 48.5 Å². The van der Waals surface area contributed by atoms with Crippen molar-refractivity contribution >= 4 is 12.0 Å². The van der Waals surface area contributed by atoms with Crippen molar-refractivity contribution in [1.82, 2.24) is 0 Å². The van der Waals surface area contributed by atoms with E-state index in [4.69, 9.17) is 4.18 Å². The van der Waals surface area contributed by atoms with Crippen molar-refractivity contribution in [3.63, 3.8) is 0 Å². The Kier molecular flexibility index (Phi) is 3.22. The zero-order valence-corrected chi connectivity index (χ0v) is 9.15. The van der Waals surface area contributed by atoms with E-state index < -0.39 is 0 Å². The molecule has 4 heteroatoms. The highest BCUT2D eigenvalue weighted by Gasteiger charge is 2.05. The third-order valence-corrected chi connectivity index (χ3v) is 2.74. The maximum atomic E-state index is 9.49. The molecule has 0 amide bonds. The lowest BCUT2D eigenvalue weighted by Gasteiger charge is -2.06. The molecule has 3 nitrogen and oxygen atoms in total. The van der Waals surface area contributed by atoms with Crippen molar-refractivity contribution in [3.8, 4) is 17.2 Å². The minimum atomic E-state index is 0.0745. The quantitative estimate of drug-likeness (QED) is 0.801. The summed E-state index contributed by atoms with van der Waals surface area (Å²) in [7, 11) is 0. The molecule has 2 aromatic carbocycles. The van der Waals surface area contributed by atoms with Gasteiger partial charge in [-0.15, -0.1) is 0 Å². The molecule has 0 aliphatic carbocycles. The summed E-state index contributed by atoms with van der Waals surface area (Å²) >= 11 is 1.00. The highest BCUT2D eigenvalue weighted by molar-refractivity contribution is 7.95. The predicted octanol–water partition coefficient (Wildman–Crippen LogP) is 3.18. The highest BCUT2D eigenvalue weighted by Crippen LogP contribution is 2.33. The molecule has 0 atom stereocenters. The fourth-order valence-corrected chi connectivity index (χ4v) is 1.75. The van der Waals surface area contributed by atoms with Gasteiger partial charge >= 0.3 is 0 Å². The van der Waals surface area contributed by atoms with E-state index in [-0.39, 0.29) is 11.5 Å². The van der Waals surface area contributed by atoms with Crippen LogP contribution >= 0.6 is 12.0 Å². The summed E-state index contributed by atoms with van der Waals surface area (Å²) in [6.45, 7) is 0. The van der Waals surface area contributed by atoms with Gasteiger partial charge in [0.2, 0.25) is 0 Å². The van der Waals surface area contributed by atoms with Crippen molar-refractivity contribution in [3.05, 3.63) is 48.5 Å². The average Bonchev–Trinajstić information content (AvgIpc) is 2.30.